The van der Waals surface area contributed by atoms with E-state index in [9.17, 15) is 4.39 Å². The Labute approximate surface area is 84.0 Å². The van der Waals surface area contributed by atoms with Crippen molar-refractivity contribution >= 4 is 0 Å². The lowest BCUT2D eigenvalue weighted by atomic mass is 9.85. The number of halogens is 1. The zero-order chi connectivity index (χ0) is 10.1. The lowest BCUT2D eigenvalue weighted by Gasteiger charge is -2.38. The molecule has 0 bridgehead atoms. The minimum absolute atomic E-state index is 0.0313. The van der Waals surface area contributed by atoms with E-state index in [-0.39, 0.29) is 18.0 Å². The SMILES string of the molecule is CN1CNCC1C1C(N)CNCC1F. The van der Waals surface area contributed by atoms with Crippen LogP contribution < -0.4 is 16.4 Å². The third-order valence-corrected chi connectivity index (χ3v) is 3.36. The minimum atomic E-state index is -0.814. The van der Waals surface area contributed by atoms with Gasteiger partial charge < -0.3 is 16.4 Å². The van der Waals surface area contributed by atoms with Crippen LogP contribution >= 0.6 is 0 Å². The van der Waals surface area contributed by atoms with Gasteiger partial charge in [-0.3, -0.25) is 4.90 Å². The maximum Gasteiger partial charge on any atom is 0.118 e. The van der Waals surface area contributed by atoms with Crippen LogP contribution in [0.15, 0.2) is 0 Å². The molecule has 0 aliphatic carbocycles. The van der Waals surface area contributed by atoms with Gasteiger partial charge in [-0.25, -0.2) is 4.39 Å². The van der Waals surface area contributed by atoms with E-state index in [0.717, 1.165) is 19.8 Å². The molecule has 14 heavy (non-hydrogen) atoms. The molecule has 0 aromatic carbocycles. The minimum Gasteiger partial charge on any atom is -0.326 e. The highest BCUT2D eigenvalue weighted by atomic mass is 19.1. The number of nitrogens with zero attached hydrogens (tertiary/aromatic N) is 1. The van der Waals surface area contributed by atoms with Crippen LogP contribution in [0.25, 0.3) is 0 Å². The largest absolute Gasteiger partial charge is 0.326 e. The van der Waals surface area contributed by atoms with Gasteiger partial charge in [0, 0.05) is 44.3 Å². The molecule has 4 atom stereocenters. The summed E-state index contributed by atoms with van der Waals surface area (Å²) in [4.78, 5) is 2.16. The summed E-state index contributed by atoms with van der Waals surface area (Å²) in [5.74, 6) is -0.0313. The second-order valence-corrected chi connectivity index (χ2v) is 4.35. The van der Waals surface area contributed by atoms with E-state index < -0.39 is 6.17 Å². The summed E-state index contributed by atoms with van der Waals surface area (Å²) >= 11 is 0. The van der Waals surface area contributed by atoms with E-state index in [1.807, 2.05) is 7.05 Å². The van der Waals surface area contributed by atoms with E-state index in [4.69, 9.17) is 5.73 Å². The summed E-state index contributed by atoms with van der Waals surface area (Å²) in [7, 11) is 2.02. The zero-order valence-corrected chi connectivity index (χ0v) is 8.54. The molecular weight excluding hydrogens is 183 g/mol. The standard InChI is InChI=1S/C9H19FN4/c1-14-5-13-4-8(14)9-6(10)2-12-3-7(9)11/h6-9,12-13H,2-5,11H2,1H3. The molecule has 2 aliphatic heterocycles. The average Bonchev–Trinajstić information content (AvgIpc) is 2.52. The lowest BCUT2D eigenvalue weighted by Crippen LogP contribution is -2.59. The van der Waals surface area contributed by atoms with E-state index in [1.54, 1.807) is 0 Å². The molecule has 4 nitrogen and oxygen atoms in total. The van der Waals surface area contributed by atoms with Crippen molar-refractivity contribution < 1.29 is 4.39 Å². The van der Waals surface area contributed by atoms with Crippen LogP contribution in [0.2, 0.25) is 0 Å². The van der Waals surface area contributed by atoms with E-state index in [0.29, 0.717) is 6.54 Å². The van der Waals surface area contributed by atoms with Gasteiger partial charge in [-0.15, -0.1) is 0 Å². The molecule has 0 saturated carbocycles. The van der Waals surface area contributed by atoms with Gasteiger partial charge in [-0.2, -0.15) is 0 Å². The predicted molar refractivity (Wildman–Crippen MR) is 53.7 cm³/mol. The summed E-state index contributed by atoms with van der Waals surface area (Å²) in [5, 5.41) is 6.26. The molecule has 0 aromatic rings. The van der Waals surface area contributed by atoms with Crippen molar-refractivity contribution in [1.29, 1.82) is 0 Å². The molecule has 0 amide bonds. The van der Waals surface area contributed by atoms with Gasteiger partial charge in [0.2, 0.25) is 0 Å². The van der Waals surface area contributed by atoms with Crippen molar-refractivity contribution in [3.8, 4) is 0 Å². The van der Waals surface area contributed by atoms with Crippen LogP contribution in [0.4, 0.5) is 4.39 Å². The lowest BCUT2D eigenvalue weighted by molar-refractivity contribution is 0.0912. The Hall–Kier alpha value is -0.230. The van der Waals surface area contributed by atoms with Crippen LogP contribution in [-0.2, 0) is 0 Å². The maximum atomic E-state index is 13.7. The van der Waals surface area contributed by atoms with Gasteiger partial charge >= 0.3 is 0 Å². The van der Waals surface area contributed by atoms with Gasteiger partial charge in [-0.05, 0) is 7.05 Å². The van der Waals surface area contributed by atoms with E-state index >= 15 is 0 Å². The van der Waals surface area contributed by atoms with Gasteiger partial charge in [-0.1, -0.05) is 0 Å². The molecule has 4 unspecified atom stereocenters. The number of nitrogens with one attached hydrogen (secondary N) is 2. The summed E-state index contributed by atoms with van der Waals surface area (Å²) in [5.41, 5.74) is 5.95. The van der Waals surface area contributed by atoms with Gasteiger partial charge in [0.15, 0.2) is 0 Å². The van der Waals surface area contributed by atoms with E-state index in [2.05, 4.69) is 15.5 Å². The number of hydrogen-bond acceptors (Lipinski definition) is 4. The Bertz CT molecular complexity index is 191. The molecule has 0 spiro atoms. The van der Waals surface area contributed by atoms with Gasteiger partial charge in [0.1, 0.15) is 6.17 Å². The predicted octanol–water partition coefficient (Wildman–Crippen LogP) is -1.27. The highest BCUT2D eigenvalue weighted by Gasteiger charge is 2.40. The first kappa shape index (κ1) is 10.3. The number of likely N-dealkylation sites (N-methyl/N-ethyl adjacent to an activating group) is 1. The molecule has 2 heterocycles. The first-order chi connectivity index (χ1) is 6.70. The smallest absolute Gasteiger partial charge is 0.118 e. The normalized spacial score (nSPS) is 45.6. The quantitative estimate of drug-likeness (QED) is 0.496. The van der Waals surface area contributed by atoms with Crippen molar-refractivity contribution in [3.05, 3.63) is 0 Å². The zero-order valence-electron chi connectivity index (χ0n) is 8.54. The van der Waals surface area contributed by atoms with Crippen molar-refractivity contribution in [2.75, 3.05) is 33.4 Å². The maximum absolute atomic E-state index is 13.7. The Balaban J connectivity index is 2.05. The molecule has 0 aromatic heterocycles. The Morgan fingerprint density at radius 2 is 2.07 bits per heavy atom. The Kier molecular flexibility index (Phi) is 3.02. The fourth-order valence-corrected chi connectivity index (χ4v) is 2.55. The van der Waals surface area contributed by atoms with Crippen molar-refractivity contribution in [3.63, 3.8) is 0 Å². The van der Waals surface area contributed by atoms with Crippen LogP contribution in [0.1, 0.15) is 0 Å². The molecule has 2 aliphatic rings. The first-order valence-electron chi connectivity index (χ1n) is 5.21. The topological polar surface area (TPSA) is 53.3 Å². The molecule has 2 fully saturated rings. The van der Waals surface area contributed by atoms with Crippen molar-refractivity contribution in [2.45, 2.75) is 18.3 Å². The first-order valence-corrected chi connectivity index (χ1v) is 5.21. The van der Waals surface area contributed by atoms with Crippen LogP contribution in [-0.4, -0.2) is 56.5 Å². The Morgan fingerprint density at radius 3 is 2.64 bits per heavy atom. The Morgan fingerprint density at radius 1 is 1.29 bits per heavy atom. The van der Waals surface area contributed by atoms with Crippen LogP contribution in [0.5, 0.6) is 0 Å². The summed E-state index contributed by atoms with van der Waals surface area (Å²) in [6.07, 6.45) is -0.814. The third-order valence-electron chi connectivity index (χ3n) is 3.36. The summed E-state index contributed by atoms with van der Waals surface area (Å²) in [6, 6.07) is 0.188. The van der Waals surface area contributed by atoms with Crippen LogP contribution in [0, 0.1) is 5.92 Å². The molecule has 2 saturated heterocycles. The van der Waals surface area contributed by atoms with Gasteiger partial charge in [0.25, 0.3) is 0 Å². The molecule has 0 radical (unpaired) electrons. The molecule has 2 rings (SSSR count). The molecule has 5 heteroatoms. The van der Waals surface area contributed by atoms with Crippen molar-refractivity contribution in [1.82, 2.24) is 15.5 Å². The highest BCUT2D eigenvalue weighted by molar-refractivity contribution is 4.97. The van der Waals surface area contributed by atoms with E-state index in [1.165, 1.54) is 0 Å². The number of nitrogens with two attached hydrogens (primary N) is 1. The number of alkyl halides is 1. The van der Waals surface area contributed by atoms with Crippen LogP contribution in [0.3, 0.4) is 0 Å². The van der Waals surface area contributed by atoms with Crippen molar-refractivity contribution in [2.24, 2.45) is 11.7 Å². The molecule has 4 N–H and O–H groups in total. The molecule has 82 valence electrons. The second kappa shape index (κ2) is 4.10. The molecular formula is C9H19FN4. The second-order valence-electron chi connectivity index (χ2n) is 4.35. The van der Waals surface area contributed by atoms with Gasteiger partial charge in [0.05, 0.1) is 0 Å². The number of rotatable bonds is 1. The monoisotopic (exact) mass is 202 g/mol. The fourth-order valence-electron chi connectivity index (χ4n) is 2.55. The fraction of sp³-hybridized carbons (Fsp3) is 1.00. The summed E-state index contributed by atoms with van der Waals surface area (Å²) < 4.78 is 13.7. The number of piperidine rings is 1. The number of hydrogen-bond donors (Lipinski definition) is 3. The highest BCUT2D eigenvalue weighted by Crippen LogP contribution is 2.23. The average molecular weight is 202 g/mol. The summed E-state index contributed by atoms with van der Waals surface area (Å²) in [6.45, 7) is 2.88. The third kappa shape index (κ3) is 1.77.